The van der Waals surface area contributed by atoms with Crippen LogP contribution >= 0.6 is 15.9 Å². The molecule has 5 heterocycles. The van der Waals surface area contributed by atoms with Crippen molar-refractivity contribution in [2.75, 3.05) is 51.7 Å². The maximum Gasteiger partial charge on any atom is 0.306 e. The van der Waals surface area contributed by atoms with Gasteiger partial charge in [-0.25, -0.2) is 9.67 Å². The lowest BCUT2D eigenvalue weighted by atomic mass is 9.79. The molecule has 0 bridgehead atoms. The van der Waals surface area contributed by atoms with Crippen LogP contribution in [0.2, 0.25) is 0 Å². The molecule has 0 saturated carbocycles. The number of hydrogen-bond acceptors (Lipinski definition) is 7. The van der Waals surface area contributed by atoms with Crippen LogP contribution in [0.4, 0.5) is 5.82 Å². The number of carbonyl (C=O) groups excluding carboxylic acids is 1. The van der Waals surface area contributed by atoms with Crippen LogP contribution in [-0.2, 0) is 22.5 Å². The first-order valence-electron chi connectivity index (χ1n) is 14.4. The molecule has 1 spiro atoms. The van der Waals surface area contributed by atoms with Gasteiger partial charge in [0, 0.05) is 60.8 Å². The summed E-state index contributed by atoms with van der Waals surface area (Å²) in [6, 6.07) is 12.9. The van der Waals surface area contributed by atoms with E-state index in [2.05, 4.69) is 79.5 Å². The number of anilines is 1. The molecule has 2 saturated heterocycles. The summed E-state index contributed by atoms with van der Waals surface area (Å²) in [6.07, 6.45) is 3.87. The molecule has 3 aromatic rings. The normalized spacial score (nSPS) is 19.2. The molecule has 9 heteroatoms. The van der Waals surface area contributed by atoms with Gasteiger partial charge in [-0.05, 0) is 81.1 Å². The first kappa shape index (κ1) is 27.4. The van der Waals surface area contributed by atoms with Crippen molar-refractivity contribution in [1.82, 2.24) is 24.6 Å². The van der Waals surface area contributed by atoms with E-state index in [1.807, 2.05) is 11.6 Å². The fourth-order valence-corrected chi connectivity index (χ4v) is 7.37. The summed E-state index contributed by atoms with van der Waals surface area (Å²) < 4.78 is 8.07. The summed E-state index contributed by atoms with van der Waals surface area (Å²) in [5, 5.41) is 8.14. The van der Waals surface area contributed by atoms with E-state index < -0.39 is 0 Å². The molecule has 40 heavy (non-hydrogen) atoms. The number of hydrogen-bond donors (Lipinski definition) is 1. The van der Waals surface area contributed by atoms with Crippen LogP contribution < -0.4 is 5.32 Å². The number of methoxy groups -OCH3 is 1. The lowest BCUT2D eigenvalue weighted by molar-refractivity contribution is -0.141. The van der Waals surface area contributed by atoms with E-state index >= 15 is 0 Å². The number of fused-ring (bicyclic) bond motifs is 1. The van der Waals surface area contributed by atoms with Crippen LogP contribution in [-0.4, -0.2) is 76.9 Å². The number of nitrogens with one attached hydrogen (secondary N) is 1. The summed E-state index contributed by atoms with van der Waals surface area (Å²) >= 11 is 3.71. The van der Waals surface area contributed by atoms with E-state index in [9.17, 15) is 4.79 Å². The average Bonchev–Trinajstić information content (AvgIpc) is 3.50. The van der Waals surface area contributed by atoms with Gasteiger partial charge in [0.2, 0.25) is 0 Å². The third-order valence-corrected chi connectivity index (χ3v) is 9.18. The minimum atomic E-state index is -0.173. The molecule has 8 nitrogen and oxygen atoms in total. The fourth-order valence-electron chi connectivity index (χ4n) is 6.87. The topological polar surface area (TPSA) is 75.5 Å². The Morgan fingerprint density at radius 3 is 2.75 bits per heavy atom. The van der Waals surface area contributed by atoms with Crippen LogP contribution in [0, 0.1) is 19.3 Å². The number of carbonyl (C=O) groups is 1. The molecule has 1 aromatic carbocycles. The number of benzene rings is 1. The van der Waals surface area contributed by atoms with Gasteiger partial charge in [0.25, 0.3) is 0 Å². The third-order valence-electron chi connectivity index (χ3n) is 8.72. The van der Waals surface area contributed by atoms with Gasteiger partial charge in [-0.15, -0.1) is 0 Å². The highest BCUT2D eigenvalue weighted by Crippen LogP contribution is 2.41. The van der Waals surface area contributed by atoms with Crippen molar-refractivity contribution in [2.24, 2.45) is 5.41 Å². The summed E-state index contributed by atoms with van der Waals surface area (Å²) in [6.45, 7) is 11.2. The summed E-state index contributed by atoms with van der Waals surface area (Å²) in [5.41, 5.74) is 7.05. The van der Waals surface area contributed by atoms with Gasteiger partial charge in [-0.3, -0.25) is 9.69 Å². The number of likely N-dealkylation sites (tertiary alicyclic amines) is 2. The molecule has 2 aromatic heterocycles. The van der Waals surface area contributed by atoms with E-state index in [0.29, 0.717) is 11.8 Å². The third kappa shape index (κ3) is 5.83. The number of pyridine rings is 1. The summed E-state index contributed by atoms with van der Waals surface area (Å²) in [4.78, 5) is 22.5. The zero-order valence-corrected chi connectivity index (χ0v) is 25.3. The molecule has 0 unspecified atom stereocenters. The monoisotopic (exact) mass is 606 g/mol. The first-order chi connectivity index (χ1) is 19.3. The molecule has 2 fully saturated rings. The zero-order valence-electron chi connectivity index (χ0n) is 23.8. The Morgan fingerprint density at radius 2 is 1.98 bits per heavy atom. The SMILES string of the molecule is COC(=O)C[C@H](CN1CCC2(C1)CN(Cc1ccc3c(n1)NCCC3)C2)c1cc(Br)cc(-n2nc(C)cc2C)c1. The van der Waals surface area contributed by atoms with Gasteiger partial charge in [0.05, 0.1) is 30.6 Å². The molecule has 3 aliphatic rings. The van der Waals surface area contributed by atoms with Crippen LogP contribution in [0.1, 0.15) is 53.4 Å². The van der Waals surface area contributed by atoms with Gasteiger partial charge in [0.15, 0.2) is 0 Å². The van der Waals surface area contributed by atoms with Gasteiger partial charge in [-0.2, -0.15) is 5.10 Å². The molecule has 0 amide bonds. The van der Waals surface area contributed by atoms with Crippen LogP contribution in [0.15, 0.2) is 40.9 Å². The van der Waals surface area contributed by atoms with Crippen molar-refractivity contribution in [1.29, 1.82) is 0 Å². The van der Waals surface area contributed by atoms with Crippen molar-refractivity contribution in [2.45, 2.75) is 52.0 Å². The number of aryl methyl sites for hydroxylation is 3. The second-order valence-electron chi connectivity index (χ2n) is 12.0. The molecular formula is C31H39BrN6O2. The van der Waals surface area contributed by atoms with E-state index in [1.165, 1.54) is 25.5 Å². The second kappa shape index (κ2) is 11.3. The molecular weight excluding hydrogens is 568 g/mol. The summed E-state index contributed by atoms with van der Waals surface area (Å²) in [7, 11) is 1.48. The van der Waals surface area contributed by atoms with Gasteiger partial charge in [-0.1, -0.05) is 22.0 Å². The molecule has 212 valence electrons. The molecule has 0 radical (unpaired) electrons. The minimum absolute atomic E-state index is 0.0409. The van der Waals surface area contributed by atoms with Crippen LogP contribution in [0.5, 0.6) is 0 Å². The van der Waals surface area contributed by atoms with Crippen LogP contribution in [0.25, 0.3) is 5.69 Å². The number of aromatic nitrogens is 3. The average molecular weight is 608 g/mol. The second-order valence-corrected chi connectivity index (χ2v) is 12.9. The molecule has 0 aliphatic carbocycles. The molecule has 1 N–H and O–H groups in total. The number of rotatable bonds is 8. The van der Waals surface area contributed by atoms with E-state index in [1.54, 1.807) is 0 Å². The standard InChI is InChI=1S/C31H39BrN6O2/c1-21-11-22(2)38(35-21)28-13-24(12-26(32)15-28)25(14-29(39)40-3)16-36-10-8-31(18-36)19-37(20-31)17-27-7-6-23-5-4-9-33-30(23)34-27/h6-7,11-13,15,25H,4-5,8-10,14,16-20H2,1-3H3,(H,33,34)/t25-/m1/s1. The van der Waals surface area contributed by atoms with Crippen molar-refractivity contribution in [3.63, 3.8) is 0 Å². The lowest BCUT2D eigenvalue weighted by Crippen LogP contribution is -2.57. The molecule has 6 rings (SSSR count). The highest BCUT2D eigenvalue weighted by Gasteiger charge is 2.47. The predicted molar refractivity (Wildman–Crippen MR) is 160 cm³/mol. The van der Waals surface area contributed by atoms with Gasteiger partial charge >= 0.3 is 5.97 Å². The van der Waals surface area contributed by atoms with Crippen molar-refractivity contribution in [3.8, 4) is 5.69 Å². The fraction of sp³-hybridized carbons (Fsp3) is 0.516. The van der Waals surface area contributed by atoms with Crippen molar-refractivity contribution < 1.29 is 9.53 Å². The Bertz CT molecular complexity index is 1400. The Kier molecular flexibility index (Phi) is 7.72. The van der Waals surface area contributed by atoms with Crippen LogP contribution in [0.3, 0.4) is 0 Å². The Labute approximate surface area is 245 Å². The lowest BCUT2D eigenvalue weighted by Gasteiger charge is -2.48. The van der Waals surface area contributed by atoms with E-state index in [0.717, 1.165) is 90.9 Å². The van der Waals surface area contributed by atoms with Crippen molar-refractivity contribution in [3.05, 3.63) is 69.1 Å². The van der Waals surface area contributed by atoms with E-state index in [-0.39, 0.29) is 11.9 Å². The van der Waals surface area contributed by atoms with Gasteiger partial charge in [0.1, 0.15) is 5.82 Å². The zero-order chi connectivity index (χ0) is 27.9. The highest BCUT2D eigenvalue weighted by atomic mass is 79.9. The number of esters is 1. The minimum Gasteiger partial charge on any atom is -0.469 e. The Balaban J connectivity index is 1.12. The summed E-state index contributed by atoms with van der Waals surface area (Å²) in [5.74, 6) is 0.948. The maximum atomic E-state index is 12.5. The molecule has 1 atom stereocenters. The Hall–Kier alpha value is -2.75. The first-order valence-corrected chi connectivity index (χ1v) is 15.2. The maximum absolute atomic E-state index is 12.5. The van der Waals surface area contributed by atoms with Gasteiger partial charge < -0.3 is 15.0 Å². The number of halogens is 1. The number of nitrogens with zero attached hydrogens (tertiary/aromatic N) is 5. The largest absolute Gasteiger partial charge is 0.469 e. The quantitative estimate of drug-likeness (QED) is 0.367. The van der Waals surface area contributed by atoms with Crippen molar-refractivity contribution >= 4 is 27.7 Å². The predicted octanol–water partition coefficient (Wildman–Crippen LogP) is 4.86. The smallest absolute Gasteiger partial charge is 0.306 e. The Morgan fingerprint density at radius 1 is 1.15 bits per heavy atom. The molecule has 3 aliphatic heterocycles. The van der Waals surface area contributed by atoms with E-state index in [4.69, 9.17) is 9.72 Å². The number of ether oxygens (including phenoxy) is 1. The highest BCUT2D eigenvalue weighted by molar-refractivity contribution is 9.10.